The van der Waals surface area contributed by atoms with Crippen molar-refractivity contribution in [2.24, 2.45) is 0 Å². The lowest BCUT2D eigenvalue weighted by Gasteiger charge is -2.43. The van der Waals surface area contributed by atoms with E-state index in [1.165, 1.54) is 0 Å². The predicted octanol–water partition coefficient (Wildman–Crippen LogP) is 0.934. The van der Waals surface area contributed by atoms with Crippen molar-refractivity contribution in [2.45, 2.75) is 32.0 Å². The largest absolute Gasteiger partial charge is 0.388 e. The van der Waals surface area contributed by atoms with Crippen LogP contribution in [0.25, 0.3) is 22.3 Å². The number of amides is 3. The molecule has 1 fully saturated rings. The Morgan fingerprint density at radius 2 is 1.82 bits per heavy atom. The van der Waals surface area contributed by atoms with Crippen LogP contribution < -0.4 is 4.90 Å². The van der Waals surface area contributed by atoms with Gasteiger partial charge in [0.25, 0.3) is 0 Å². The minimum Gasteiger partial charge on any atom is -0.388 e. The monoisotopic (exact) mass is 463 g/mol. The Balaban J connectivity index is 1.57. The second kappa shape index (κ2) is 8.92. The summed E-state index contributed by atoms with van der Waals surface area (Å²) >= 11 is 0. The molecule has 0 bridgehead atoms. The molecular weight excluding hydrogens is 438 g/mol. The van der Waals surface area contributed by atoms with Crippen molar-refractivity contribution in [2.75, 3.05) is 31.6 Å². The van der Waals surface area contributed by atoms with Gasteiger partial charge in [-0.25, -0.2) is 19.7 Å². The number of pyridine rings is 2. The highest BCUT2D eigenvalue weighted by molar-refractivity contribution is 6.04. The highest BCUT2D eigenvalue weighted by Gasteiger charge is 2.37. The van der Waals surface area contributed by atoms with Crippen molar-refractivity contribution >= 4 is 28.7 Å². The molecule has 2 aliphatic rings. The summed E-state index contributed by atoms with van der Waals surface area (Å²) in [6.07, 6.45) is 6.22. The first-order chi connectivity index (χ1) is 16.5. The van der Waals surface area contributed by atoms with Crippen LogP contribution in [-0.4, -0.2) is 84.7 Å². The first-order valence-electron chi connectivity index (χ1n) is 11.1. The smallest absolute Gasteiger partial charge is 0.324 e. The van der Waals surface area contributed by atoms with Crippen molar-refractivity contribution in [1.82, 2.24) is 29.7 Å². The number of piperidine rings is 1. The van der Waals surface area contributed by atoms with Crippen molar-refractivity contribution in [3.63, 3.8) is 0 Å². The van der Waals surface area contributed by atoms with E-state index >= 15 is 0 Å². The van der Waals surface area contributed by atoms with Gasteiger partial charge in [-0.1, -0.05) is 0 Å². The third kappa shape index (κ3) is 3.82. The number of rotatable bonds is 4. The number of fused-ring (bicyclic) bond motifs is 3. The third-order valence-electron chi connectivity index (χ3n) is 6.40. The molecule has 0 aliphatic carbocycles. The van der Waals surface area contributed by atoms with Crippen LogP contribution in [0, 0.1) is 0 Å². The number of aromatic nitrogens is 4. The Morgan fingerprint density at radius 3 is 2.50 bits per heavy atom. The lowest BCUT2D eigenvalue weighted by Crippen LogP contribution is -2.54. The summed E-state index contributed by atoms with van der Waals surface area (Å²) in [5.74, 6) is 0.0331. The number of hydrogen-bond donors (Lipinski definition) is 2. The van der Waals surface area contributed by atoms with E-state index < -0.39 is 6.61 Å². The molecule has 3 aromatic heterocycles. The molecule has 3 aromatic rings. The summed E-state index contributed by atoms with van der Waals surface area (Å²) in [5, 5.41) is 18.4. The summed E-state index contributed by atoms with van der Waals surface area (Å²) < 4.78 is 0. The van der Waals surface area contributed by atoms with Crippen LogP contribution in [0.2, 0.25) is 0 Å². The molecule has 0 saturated carbocycles. The molecule has 0 atom stereocenters. The molecule has 11 nitrogen and oxygen atoms in total. The van der Waals surface area contributed by atoms with Crippen LogP contribution in [0.1, 0.15) is 24.2 Å². The maximum absolute atomic E-state index is 13.4. The molecule has 2 N–H and O–H groups in total. The van der Waals surface area contributed by atoms with Gasteiger partial charge in [-0.15, -0.1) is 0 Å². The Kier molecular flexibility index (Phi) is 5.80. The minimum atomic E-state index is -0.509. The normalized spacial score (nSPS) is 16.8. The van der Waals surface area contributed by atoms with Crippen molar-refractivity contribution in [3.8, 4) is 11.3 Å². The number of urea groups is 1. The first kappa shape index (κ1) is 22.1. The minimum absolute atomic E-state index is 0.111. The zero-order chi connectivity index (χ0) is 23.8. The molecule has 11 heteroatoms. The van der Waals surface area contributed by atoms with Gasteiger partial charge in [-0.05, 0) is 25.0 Å². The fourth-order valence-corrected chi connectivity index (χ4v) is 4.62. The fraction of sp³-hybridized carbons (Fsp3) is 0.391. The van der Waals surface area contributed by atoms with Gasteiger partial charge in [0.15, 0.2) is 5.82 Å². The van der Waals surface area contributed by atoms with E-state index in [1.807, 2.05) is 12.1 Å². The number of aliphatic hydroxyl groups is 2. The quantitative estimate of drug-likeness (QED) is 0.583. The second-order valence-electron chi connectivity index (χ2n) is 8.52. The van der Waals surface area contributed by atoms with E-state index in [9.17, 15) is 19.8 Å². The van der Waals surface area contributed by atoms with Gasteiger partial charge in [-0.3, -0.25) is 14.7 Å². The number of hydrogen-bond acceptors (Lipinski definition) is 8. The van der Waals surface area contributed by atoms with Gasteiger partial charge in [-0.2, -0.15) is 0 Å². The van der Waals surface area contributed by atoms with E-state index in [-0.39, 0.29) is 24.6 Å². The molecule has 5 heterocycles. The molecule has 0 unspecified atom stereocenters. The Morgan fingerprint density at radius 1 is 1.09 bits per heavy atom. The van der Waals surface area contributed by atoms with E-state index in [0.717, 1.165) is 11.3 Å². The zero-order valence-corrected chi connectivity index (χ0v) is 18.8. The molecule has 1 saturated heterocycles. The molecule has 176 valence electrons. The lowest BCUT2D eigenvalue weighted by molar-refractivity contribution is -0.135. The number of nitrogens with zero attached hydrogens (tertiary/aromatic N) is 7. The summed E-state index contributed by atoms with van der Waals surface area (Å²) in [7, 11) is 1.76. The van der Waals surface area contributed by atoms with Crippen molar-refractivity contribution in [1.29, 1.82) is 0 Å². The Hall–Kier alpha value is -3.70. The number of carbonyl (C=O) groups is 2. The summed E-state index contributed by atoms with van der Waals surface area (Å²) in [6.45, 7) is 0.628. The van der Waals surface area contributed by atoms with Gasteiger partial charge in [0.05, 0.1) is 23.4 Å². The van der Waals surface area contributed by atoms with E-state index in [0.29, 0.717) is 60.6 Å². The first-order valence-corrected chi connectivity index (χ1v) is 11.1. The van der Waals surface area contributed by atoms with Crippen molar-refractivity contribution < 1.29 is 19.8 Å². The number of aliphatic hydroxyl groups excluding tert-OH is 2. The SMILES string of the molecule is CN1Cc2cnc3ccc(-c4cnc(CO)nc4)nc3c2N(C2CCN(C(=O)CO)CC2)C1=O. The molecule has 34 heavy (non-hydrogen) atoms. The molecular formula is C23H25N7O4. The van der Waals surface area contributed by atoms with Crippen molar-refractivity contribution in [3.05, 3.63) is 42.1 Å². The predicted molar refractivity (Wildman–Crippen MR) is 123 cm³/mol. The van der Waals surface area contributed by atoms with Crippen LogP contribution in [0.5, 0.6) is 0 Å². The fourth-order valence-electron chi connectivity index (χ4n) is 4.62. The third-order valence-corrected chi connectivity index (χ3v) is 6.40. The lowest BCUT2D eigenvalue weighted by atomic mass is 9.99. The second-order valence-corrected chi connectivity index (χ2v) is 8.52. The average molecular weight is 463 g/mol. The van der Waals surface area contributed by atoms with Gasteiger partial charge in [0.1, 0.15) is 18.7 Å². The van der Waals surface area contributed by atoms with Crippen LogP contribution in [0.3, 0.4) is 0 Å². The Bertz CT molecular complexity index is 1240. The van der Waals surface area contributed by atoms with Crippen LogP contribution in [0.4, 0.5) is 10.5 Å². The van der Waals surface area contributed by atoms with E-state index in [1.54, 1.807) is 40.3 Å². The molecule has 2 aliphatic heterocycles. The van der Waals surface area contributed by atoms with Gasteiger partial charge < -0.3 is 20.0 Å². The number of carbonyl (C=O) groups excluding carboxylic acids is 2. The van der Waals surface area contributed by atoms with Gasteiger partial charge >= 0.3 is 6.03 Å². The van der Waals surface area contributed by atoms with Gasteiger partial charge in [0, 0.05) is 55.9 Å². The molecule has 3 amide bonds. The number of anilines is 1. The molecule has 0 radical (unpaired) electrons. The van der Waals surface area contributed by atoms with Gasteiger partial charge in [0.2, 0.25) is 5.91 Å². The molecule has 0 aromatic carbocycles. The highest BCUT2D eigenvalue weighted by atomic mass is 16.3. The average Bonchev–Trinajstić information content (AvgIpc) is 2.89. The maximum Gasteiger partial charge on any atom is 0.324 e. The maximum atomic E-state index is 13.4. The van der Waals surface area contributed by atoms with Crippen LogP contribution >= 0.6 is 0 Å². The van der Waals surface area contributed by atoms with Crippen LogP contribution in [0.15, 0.2) is 30.7 Å². The topological polar surface area (TPSA) is 136 Å². The summed E-state index contributed by atoms with van der Waals surface area (Å²) in [5.41, 5.74) is 4.28. The highest BCUT2D eigenvalue weighted by Crippen LogP contribution is 2.37. The molecule has 5 rings (SSSR count). The summed E-state index contributed by atoms with van der Waals surface area (Å²) in [4.78, 5) is 48.1. The van der Waals surface area contributed by atoms with Crippen LogP contribution in [-0.2, 0) is 17.9 Å². The standard InChI is InChI=1S/C23H25N7O4/c1-28-11-15-10-24-18-3-2-17(14-8-25-19(12-31)26-9-14)27-21(18)22(15)30(23(28)34)16-4-6-29(7-5-16)20(33)13-32/h2-3,8-10,16,31-32H,4-7,11-13H2,1H3. The summed E-state index contributed by atoms with van der Waals surface area (Å²) in [6, 6.07) is 3.47. The number of likely N-dealkylation sites (tertiary alicyclic amines) is 1. The molecule has 0 spiro atoms. The van der Waals surface area contributed by atoms with E-state index in [4.69, 9.17) is 4.98 Å². The van der Waals surface area contributed by atoms with E-state index in [2.05, 4.69) is 15.0 Å². The zero-order valence-electron chi connectivity index (χ0n) is 18.8. The Labute approximate surface area is 195 Å².